The van der Waals surface area contributed by atoms with Crippen molar-refractivity contribution in [3.05, 3.63) is 35.4 Å². The second-order valence-corrected chi connectivity index (χ2v) is 5.34. The average Bonchev–Trinajstić information content (AvgIpc) is 2.75. The molecule has 1 heterocycles. The Morgan fingerprint density at radius 2 is 2.28 bits per heavy atom. The molecule has 1 fully saturated rings. The monoisotopic (exact) mass is 246 g/mol. The van der Waals surface area contributed by atoms with Gasteiger partial charge < -0.3 is 10.6 Å². The van der Waals surface area contributed by atoms with Crippen molar-refractivity contribution in [2.45, 2.75) is 39.3 Å². The maximum atomic E-state index is 12.2. The van der Waals surface area contributed by atoms with Crippen molar-refractivity contribution in [2.75, 3.05) is 6.54 Å². The summed E-state index contributed by atoms with van der Waals surface area (Å²) in [5.41, 5.74) is 2.38. The molecule has 0 saturated carbocycles. The van der Waals surface area contributed by atoms with Crippen molar-refractivity contribution < 1.29 is 4.79 Å². The van der Waals surface area contributed by atoms with Crippen molar-refractivity contribution >= 4 is 5.91 Å². The normalized spacial score (nSPS) is 24.8. The highest BCUT2D eigenvalue weighted by Gasteiger charge is 2.29. The summed E-state index contributed by atoms with van der Waals surface area (Å²) in [5.74, 6) is 0.545. The third kappa shape index (κ3) is 2.91. The van der Waals surface area contributed by atoms with E-state index in [1.807, 2.05) is 13.0 Å². The molecule has 1 aromatic carbocycles. The summed E-state index contributed by atoms with van der Waals surface area (Å²) in [4.78, 5) is 12.2. The van der Waals surface area contributed by atoms with Gasteiger partial charge in [-0.05, 0) is 38.3 Å². The van der Waals surface area contributed by atoms with Gasteiger partial charge in [-0.2, -0.15) is 0 Å². The lowest BCUT2D eigenvalue weighted by molar-refractivity contribution is -0.124. The molecule has 0 aliphatic carbocycles. The van der Waals surface area contributed by atoms with E-state index in [1.165, 1.54) is 5.56 Å². The van der Waals surface area contributed by atoms with Gasteiger partial charge in [0.05, 0.1) is 12.1 Å². The maximum absolute atomic E-state index is 12.2. The molecule has 0 radical (unpaired) electrons. The highest BCUT2D eigenvalue weighted by molar-refractivity contribution is 5.82. The highest BCUT2D eigenvalue weighted by Crippen LogP contribution is 2.17. The van der Waals surface area contributed by atoms with E-state index in [9.17, 15) is 4.79 Å². The van der Waals surface area contributed by atoms with Crippen molar-refractivity contribution in [1.82, 2.24) is 10.6 Å². The second kappa shape index (κ2) is 5.53. The van der Waals surface area contributed by atoms with E-state index in [1.54, 1.807) is 0 Å². The molecule has 0 bridgehead atoms. The summed E-state index contributed by atoms with van der Waals surface area (Å²) in [6.07, 6.45) is 1.08. The van der Waals surface area contributed by atoms with Gasteiger partial charge >= 0.3 is 0 Å². The summed E-state index contributed by atoms with van der Waals surface area (Å²) in [7, 11) is 0. The Morgan fingerprint density at radius 1 is 1.50 bits per heavy atom. The van der Waals surface area contributed by atoms with Crippen molar-refractivity contribution in [3.63, 3.8) is 0 Å². The predicted molar refractivity (Wildman–Crippen MR) is 73.3 cm³/mol. The van der Waals surface area contributed by atoms with Gasteiger partial charge in [-0.25, -0.2) is 0 Å². The Balaban J connectivity index is 1.98. The zero-order valence-electron chi connectivity index (χ0n) is 11.4. The molecule has 1 amide bonds. The first-order valence-corrected chi connectivity index (χ1v) is 6.68. The first kappa shape index (κ1) is 13.1. The Kier molecular flexibility index (Phi) is 4.02. The van der Waals surface area contributed by atoms with E-state index in [4.69, 9.17) is 0 Å². The largest absolute Gasteiger partial charge is 0.348 e. The molecule has 2 rings (SSSR count). The number of carbonyl (C=O) groups excluding carboxylic acids is 1. The highest BCUT2D eigenvalue weighted by atomic mass is 16.2. The summed E-state index contributed by atoms with van der Waals surface area (Å²) in [6, 6.07) is 8.31. The van der Waals surface area contributed by atoms with Crippen LogP contribution in [0.15, 0.2) is 24.3 Å². The van der Waals surface area contributed by atoms with E-state index in [0.717, 1.165) is 18.5 Å². The summed E-state index contributed by atoms with van der Waals surface area (Å²) in [5, 5.41) is 6.36. The lowest BCUT2D eigenvalue weighted by Gasteiger charge is -2.20. The number of amides is 1. The lowest BCUT2D eigenvalue weighted by Crippen LogP contribution is -2.44. The summed E-state index contributed by atoms with van der Waals surface area (Å²) < 4.78 is 0. The lowest BCUT2D eigenvalue weighted by atomic mass is 10.0. The number of rotatable bonds is 3. The van der Waals surface area contributed by atoms with Gasteiger partial charge in [-0.15, -0.1) is 0 Å². The van der Waals surface area contributed by atoms with Crippen LogP contribution in [0.2, 0.25) is 0 Å². The van der Waals surface area contributed by atoms with Crippen LogP contribution in [-0.4, -0.2) is 18.5 Å². The molecular weight excluding hydrogens is 224 g/mol. The maximum Gasteiger partial charge on any atom is 0.237 e. The van der Waals surface area contributed by atoms with Crippen LogP contribution in [0.25, 0.3) is 0 Å². The minimum atomic E-state index is -0.0303. The number of aryl methyl sites for hydroxylation is 1. The first-order chi connectivity index (χ1) is 8.58. The quantitative estimate of drug-likeness (QED) is 0.858. The minimum absolute atomic E-state index is 0.0303. The molecular formula is C15H22N2O. The van der Waals surface area contributed by atoms with Crippen LogP contribution < -0.4 is 10.6 Å². The van der Waals surface area contributed by atoms with Gasteiger partial charge in [0.25, 0.3) is 0 Å². The second-order valence-electron chi connectivity index (χ2n) is 5.34. The summed E-state index contributed by atoms with van der Waals surface area (Å²) in [6.45, 7) is 7.17. The van der Waals surface area contributed by atoms with Gasteiger partial charge in [0.15, 0.2) is 0 Å². The number of benzene rings is 1. The molecule has 3 nitrogen and oxygen atoms in total. The van der Waals surface area contributed by atoms with Gasteiger partial charge in [0.1, 0.15) is 0 Å². The number of nitrogens with one attached hydrogen (secondary N) is 2. The molecule has 1 saturated heterocycles. The van der Waals surface area contributed by atoms with Crippen molar-refractivity contribution in [1.29, 1.82) is 0 Å². The first-order valence-electron chi connectivity index (χ1n) is 6.68. The minimum Gasteiger partial charge on any atom is -0.348 e. The van der Waals surface area contributed by atoms with Gasteiger partial charge in [0.2, 0.25) is 5.91 Å². The fraction of sp³-hybridized carbons (Fsp3) is 0.533. The van der Waals surface area contributed by atoms with Gasteiger partial charge in [0, 0.05) is 0 Å². The molecule has 1 aliphatic rings. The van der Waals surface area contributed by atoms with Gasteiger partial charge in [-0.1, -0.05) is 36.8 Å². The van der Waals surface area contributed by atoms with Crippen LogP contribution in [0.1, 0.15) is 37.4 Å². The van der Waals surface area contributed by atoms with E-state index < -0.39 is 0 Å². The smallest absolute Gasteiger partial charge is 0.237 e. The zero-order valence-corrected chi connectivity index (χ0v) is 11.4. The molecule has 3 atom stereocenters. The predicted octanol–water partition coefficient (Wildman–Crippen LogP) is 2.17. The topological polar surface area (TPSA) is 41.1 Å². The zero-order chi connectivity index (χ0) is 13.1. The van der Waals surface area contributed by atoms with E-state index in [2.05, 4.69) is 42.7 Å². The third-order valence-electron chi connectivity index (χ3n) is 3.72. The Labute approximate surface area is 109 Å². The standard InChI is InChI=1S/C15H22N2O/c1-10-5-4-6-13(9-10)12(3)17-15(18)14-11(2)7-8-16-14/h4-6,9,11-12,14,16H,7-8H2,1-3H3,(H,17,18)/t11?,12-,14?/m1/s1. The SMILES string of the molecule is Cc1cccc([C@@H](C)NC(=O)C2NCCC2C)c1. The van der Waals surface area contributed by atoms with Crippen LogP contribution >= 0.6 is 0 Å². The molecule has 18 heavy (non-hydrogen) atoms. The fourth-order valence-corrected chi connectivity index (χ4v) is 2.51. The number of carbonyl (C=O) groups is 1. The molecule has 0 spiro atoms. The number of hydrogen-bond donors (Lipinski definition) is 2. The van der Waals surface area contributed by atoms with Crippen LogP contribution in [0.3, 0.4) is 0 Å². The fourth-order valence-electron chi connectivity index (χ4n) is 2.51. The molecule has 1 aliphatic heterocycles. The molecule has 2 N–H and O–H groups in total. The Bertz CT molecular complexity index is 430. The van der Waals surface area contributed by atoms with Crippen LogP contribution in [0.4, 0.5) is 0 Å². The molecule has 3 heteroatoms. The molecule has 1 aromatic rings. The Morgan fingerprint density at radius 3 is 2.89 bits per heavy atom. The van der Waals surface area contributed by atoms with Gasteiger partial charge in [-0.3, -0.25) is 4.79 Å². The van der Waals surface area contributed by atoms with Crippen LogP contribution in [-0.2, 0) is 4.79 Å². The van der Waals surface area contributed by atoms with E-state index in [0.29, 0.717) is 5.92 Å². The van der Waals surface area contributed by atoms with Crippen molar-refractivity contribution in [2.24, 2.45) is 5.92 Å². The molecule has 98 valence electrons. The Hall–Kier alpha value is -1.35. The number of hydrogen-bond acceptors (Lipinski definition) is 2. The van der Waals surface area contributed by atoms with Crippen molar-refractivity contribution in [3.8, 4) is 0 Å². The molecule has 0 aromatic heterocycles. The van der Waals surface area contributed by atoms with E-state index >= 15 is 0 Å². The third-order valence-corrected chi connectivity index (χ3v) is 3.72. The average molecular weight is 246 g/mol. The van der Waals surface area contributed by atoms with E-state index in [-0.39, 0.29) is 18.0 Å². The molecule has 2 unspecified atom stereocenters. The van der Waals surface area contributed by atoms with Crippen LogP contribution in [0.5, 0.6) is 0 Å². The summed E-state index contributed by atoms with van der Waals surface area (Å²) >= 11 is 0. The van der Waals surface area contributed by atoms with Crippen LogP contribution in [0, 0.1) is 12.8 Å².